The summed E-state index contributed by atoms with van der Waals surface area (Å²) >= 11 is 0. The number of aliphatic hydroxyl groups is 2. The van der Waals surface area contributed by atoms with Crippen molar-refractivity contribution in [3.8, 4) is 22.3 Å². The van der Waals surface area contributed by atoms with E-state index in [2.05, 4.69) is 59.9 Å². The lowest BCUT2D eigenvalue weighted by atomic mass is 9.95. The van der Waals surface area contributed by atoms with E-state index in [4.69, 9.17) is 0 Å². The van der Waals surface area contributed by atoms with Gasteiger partial charge in [-0.3, -0.25) is 0 Å². The molecule has 0 fully saturated rings. The van der Waals surface area contributed by atoms with Crippen LogP contribution in [0.3, 0.4) is 0 Å². The van der Waals surface area contributed by atoms with Crippen molar-refractivity contribution in [1.29, 1.82) is 0 Å². The fourth-order valence-electron chi connectivity index (χ4n) is 3.66. The van der Waals surface area contributed by atoms with Crippen molar-refractivity contribution < 1.29 is 10.2 Å². The third kappa shape index (κ3) is 2.81. The van der Waals surface area contributed by atoms with Gasteiger partial charge in [0.1, 0.15) is 0 Å². The summed E-state index contributed by atoms with van der Waals surface area (Å²) in [6, 6.07) is 19.3. The van der Waals surface area contributed by atoms with Crippen LogP contribution in [0.1, 0.15) is 19.4 Å². The highest BCUT2D eigenvalue weighted by Crippen LogP contribution is 2.47. The highest BCUT2D eigenvalue weighted by Gasteiger charge is 2.29. The summed E-state index contributed by atoms with van der Waals surface area (Å²) in [5.41, 5.74) is 5.60. The minimum absolute atomic E-state index is 0. The number of nitrogens with one attached hydrogen (secondary N) is 1. The number of fused-ring (bicyclic) bond motifs is 3. The van der Waals surface area contributed by atoms with Crippen molar-refractivity contribution in [3.63, 3.8) is 0 Å². The molecule has 0 radical (unpaired) electrons. The van der Waals surface area contributed by atoms with Gasteiger partial charge < -0.3 is 15.5 Å². The standard InChI is InChI=1S/C22H23NO2.ClH/c1-14(25)22(2,13-24)23-12-15-10-11-20-18-7-4-3-6-17(18)19-9-5-8-16(15)21(19)20;/h3-11,14,23-25H,12-13H2,1-2H3;1H. The van der Waals surface area contributed by atoms with Gasteiger partial charge >= 0.3 is 0 Å². The van der Waals surface area contributed by atoms with E-state index in [0.717, 1.165) is 0 Å². The predicted octanol–water partition coefficient (Wildman–Crippen LogP) is 4.13. The number of hydrogen-bond donors (Lipinski definition) is 3. The van der Waals surface area contributed by atoms with Gasteiger partial charge in [-0.2, -0.15) is 0 Å². The molecule has 0 bridgehead atoms. The molecule has 3 aromatic rings. The van der Waals surface area contributed by atoms with Gasteiger partial charge in [-0.1, -0.05) is 54.6 Å². The normalized spacial score (nSPS) is 15.2. The summed E-state index contributed by atoms with van der Waals surface area (Å²) in [6.07, 6.45) is -0.640. The van der Waals surface area contributed by atoms with Crippen molar-refractivity contribution in [3.05, 3.63) is 60.2 Å². The van der Waals surface area contributed by atoms with Gasteiger partial charge in [0.05, 0.1) is 18.2 Å². The second kappa shape index (κ2) is 7.01. The largest absolute Gasteiger partial charge is 0.394 e. The highest BCUT2D eigenvalue weighted by molar-refractivity contribution is 6.15. The topological polar surface area (TPSA) is 52.5 Å². The summed E-state index contributed by atoms with van der Waals surface area (Å²) in [5, 5.41) is 25.5. The summed E-state index contributed by atoms with van der Waals surface area (Å²) in [7, 11) is 0. The van der Waals surface area contributed by atoms with E-state index in [1.807, 2.05) is 6.92 Å². The molecule has 0 heterocycles. The Bertz CT molecular complexity index is 925. The average Bonchev–Trinajstić information content (AvgIpc) is 2.97. The van der Waals surface area contributed by atoms with Crippen molar-refractivity contribution in [2.75, 3.05) is 6.61 Å². The molecule has 0 spiro atoms. The Morgan fingerprint density at radius 3 is 2.15 bits per heavy atom. The zero-order valence-corrected chi connectivity index (χ0v) is 15.8. The van der Waals surface area contributed by atoms with E-state index < -0.39 is 11.6 Å². The third-order valence-electron chi connectivity index (χ3n) is 5.57. The Hall–Kier alpha value is -1.91. The first-order chi connectivity index (χ1) is 12.0. The number of halogens is 1. The first kappa shape index (κ1) is 18.9. The molecule has 0 saturated heterocycles. The van der Waals surface area contributed by atoms with Gasteiger partial charge in [0.25, 0.3) is 0 Å². The van der Waals surface area contributed by atoms with Crippen LogP contribution in [0.25, 0.3) is 33.0 Å². The Balaban J connectivity index is 0.00000196. The van der Waals surface area contributed by atoms with Gasteiger partial charge in [0.2, 0.25) is 0 Å². The average molecular weight is 370 g/mol. The van der Waals surface area contributed by atoms with E-state index in [1.165, 1.54) is 38.6 Å². The minimum atomic E-state index is -0.717. The Labute approximate surface area is 160 Å². The zero-order chi connectivity index (χ0) is 17.6. The number of hydrogen-bond acceptors (Lipinski definition) is 3. The minimum Gasteiger partial charge on any atom is -0.394 e. The van der Waals surface area contributed by atoms with Crippen molar-refractivity contribution in [2.24, 2.45) is 0 Å². The molecular weight excluding hydrogens is 346 g/mol. The van der Waals surface area contributed by atoms with E-state index in [-0.39, 0.29) is 19.0 Å². The number of aliphatic hydroxyl groups excluding tert-OH is 2. The summed E-state index contributed by atoms with van der Waals surface area (Å²) in [5.74, 6) is 0. The maximum atomic E-state index is 9.96. The molecule has 3 nitrogen and oxygen atoms in total. The van der Waals surface area contributed by atoms with Crippen LogP contribution in [0, 0.1) is 0 Å². The molecule has 3 aromatic carbocycles. The van der Waals surface area contributed by atoms with Crippen LogP contribution < -0.4 is 5.32 Å². The summed E-state index contributed by atoms with van der Waals surface area (Å²) < 4.78 is 0. The van der Waals surface area contributed by atoms with E-state index in [0.29, 0.717) is 6.54 Å². The van der Waals surface area contributed by atoms with Crippen LogP contribution in [-0.2, 0) is 6.54 Å². The molecule has 0 saturated carbocycles. The fraction of sp³-hybridized carbons (Fsp3) is 0.273. The summed E-state index contributed by atoms with van der Waals surface area (Å²) in [4.78, 5) is 0. The van der Waals surface area contributed by atoms with Crippen molar-refractivity contribution in [1.82, 2.24) is 5.32 Å². The Kier molecular flexibility index (Phi) is 5.09. The lowest BCUT2D eigenvalue weighted by molar-refractivity contribution is 0.0404. The van der Waals surface area contributed by atoms with Crippen LogP contribution in [0.15, 0.2) is 54.6 Å². The van der Waals surface area contributed by atoms with Crippen LogP contribution in [0.5, 0.6) is 0 Å². The van der Waals surface area contributed by atoms with E-state index in [9.17, 15) is 10.2 Å². The zero-order valence-electron chi connectivity index (χ0n) is 15.0. The third-order valence-corrected chi connectivity index (χ3v) is 5.57. The molecule has 0 aromatic heterocycles. The van der Waals surface area contributed by atoms with Gasteiger partial charge in [0.15, 0.2) is 0 Å². The summed E-state index contributed by atoms with van der Waals surface area (Å²) in [6.45, 7) is 4.02. The molecule has 0 amide bonds. The maximum absolute atomic E-state index is 9.96. The molecule has 136 valence electrons. The Morgan fingerprint density at radius 1 is 0.923 bits per heavy atom. The second-order valence-corrected chi connectivity index (χ2v) is 7.15. The van der Waals surface area contributed by atoms with E-state index in [1.54, 1.807) is 6.92 Å². The maximum Gasteiger partial charge on any atom is 0.0713 e. The second-order valence-electron chi connectivity index (χ2n) is 7.15. The van der Waals surface area contributed by atoms with Gasteiger partial charge in [0, 0.05) is 6.54 Å². The molecule has 4 rings (SSSR count). The van der Waals surface area contributed by atoms with Crippen LogP contribution in [0.2, 0.25) is 0 Å². The quantitative estimate of drug-likeness (QED) is 0.495. The van der Waals surface area contributed by atoms with Crippen molar-refractivity contribution >= 4 is 23.2 Å². The van der Waals surface area contributed by atoms with Gasteiger partial charge in [-0.15, -0.1) is 12.4 Å². The molecular formula is C22H24ClNO2. The molecule has 26 heavy (non-hydrogen) atoms. The van der Waals surface area contributed by atoms with Gasteiger partial charge in [-0.25, -0.2) is 0 Å². The highest BCUT2D eigenvalue weighted by atomic mass is 35.5. The smallest absolute Gasteiger partial charge is 0.0713 e. The first-order valence-corrected chi connectivity index (χ1v) is 8.73. The Morgan fingerprint density at radius 2 is 1.54 bits per heavy atom. The first-order valence-electron chi connectivity index (χ1n) is 8.73. The lowest BCUT2D eigenvalue weighted by Crippen LogP contribution is -2.53. The fourth-order valence-corrected chi connectivity index (χ4v) is 3.66. The molecule has 1 aliphatic carbocycles. The number of benzene rings is 3. The van der Waals surface area contributed by atoms with Crippen LogP contribution in [-0.4, -0.2) is 28.5 Å². The molecule has 2 unspecified atom stereocenters. The lowest BCUT2D eigenvalue weighted by Gasteiger charge is -2.32. The molecule has 2 atom stereocenters. The monoisotopic (exact) mass is 369 g/mol. The number of rotatable bonds is 5. The predicted molar refractivity (Wildman–Crippen MR) is 110 cm³/mol. The van der Waals surface area contributed by atoms with E-state index >= 15 is 0 Å². The molecule has 1 aliphatic rings. The SMILES string of the molecule is CC(O)C(C)(CO)NCc1ccc2c3c(cccc13)-c1ccccc1-2.Cl. The van der Waals surface area contributed by atoms with Crippen molar-refractivity contribution in [2.45, 2.75) is 32.0 Å². The molecule has 3 N–H and O–H groups in total. The molecule has 4 heteroatoms. The van der Waals surface area contributed by atoms with Crippen LogP contribution >= 0.6 is 12.4 Å². The van der Waals surface area contributed by atoms with Gasteiger partial charge in [-0.05, 0) is 52.4 Å². The van der Waals surface area contributed by atoms with Crippen LogP contribution in [0.4, 0.5) is 0 Å². The molecule has 0 aliphatic heterocycles.